The van der Waals surface area contributed by atoms with Crippen LogP contribution in [0.3, 0.4) is 0 Å². The maximum absolute atomic E-state index is 12.2. The molecular weight excluding hydrogens is 378 g/mol. The Kier molecular flexibility index (Phi) is 7.56. The number of aliphatic hydroxyl groups excluding tert-OH is 1. The van der Waals surface area contributed by atoms with Crippen LogP contribution in [0.25, 0.3) is 0 Å². The summed E-state index contributed by atoms with van der Waals surface area (Å²) in [4.78, 5) is 14.4. The van der Waals surface area contributed by atoms with E-state index in [-0.39, 0.29) is 17.4 Å². The minimum Gasteiger partial charge on any atom is -0.388 e. The van der Waals surface area contributed by atoms with Crippen molar-refractivity contribution in [2.45, 2.75) is 11.0 Å². The highest BCUT2D eigenvalue weighted by atomic mass is 32.2. The molecule has 2 aromatic carbocycles. The quantitative estimate of drug-likeness (QED) is 0.625. The summed E-state index contributed by atoms with van der Waals surface area (Å²) in [7, 11) is 0.544. The number of urea groups is 1. The van der Waals surface area contributed by atoms with Gasteiger partial charge in [-0.1, -0.05) is 30.3 Å². The van der Waals surface area contributed by atoms with Crippen LogP contribution in [-0.2, 0) is 9.84 Å². The normalized spacial score (nSPS) is 13.8. The summed E-state index contributed by atoms with van der Waals surface area (Å²) in [6.45, 7) is 0.876. The molecule has 152 valence electrons. The van der Waals surface area contributed by atoms with Crippen LogP contribution in [0.1, 0.15) is 11.7 Å². The van der Waals surface area contributed by atoms with Gasteiger partial charge in [0.15, 0.2) is 9.84 Å². The Bertz CT molecular complexity index is 868. The third-order valence-electron chi connectivity index (χ3n) is 4.25. The van der Waals surface area contributed by atoms with Gasteiger partial charge in [-0.3, -0.25) is 0 Å². The van der Waals surface area contributed by atoms with Gasteiger partial charge in [-0.25, -0.2) is 13.2 Å². The highest BCUT2D eigenvalue weighted by molar-refractivity contribution is 7.90. The number of carbonyl (C=O) groups excluding carboxylic acids is 1. The molecule has 8 heteroatoms. The van der Waals surface area contributed by atoms with Crippen molar-refractivity contribution < 1.29 is 18.3 Å². The van der Waals surface area contributed by atoms with Crippen molar-refractivity contribution in [3.8, 4) is 0 Å². The van der Waals surface area contributed by atoms with Gasteiger partial charge in [0.25, 0.3) is 0 Å². The lowest BCUT2D eigenvalue weighted by atomic mass is 9.95. The number of rotatable bonds is 8. The number of hydrogen-bond acceptors (Lipinski definition) is 5. The number of benzene rings is 2. The number of hydrogen-bond donors (Lipinski definition) is 3. The number of aliphatic hydroxyl groups is 1. The highest BCUT2D eigenvalue weighted by Gasteiger charge is 2.22. The first kappa shape index (κ1) is 21.9. The molecule has 0 aliphatic carbocycles. The molecule has 28 heavy (non-hydrogen) atoms. The molecule has 2 rings (SSSR count). The largest absolute Gasteiger partial charge is 0.388 e. The zero-order chi connectivity index (χ0) is 20.7. The van der Waals surface area contributed by atoms with Gasteiger partial charge in [0, 0.05) is 31.0 Å². The average Bonchev–Trinajstić information content (AvgIpc) is 2.64. The third-order valence-corrected chi connectivity index (χ3v) is 5.38. The van der Waals surface area contributed by atoms with Crippen LogP contribution in [0, 0.1) is 5.92 Å². The van der Waals surface area contributed by atoms with Crippen LogP contribution in [0.5, 0.6) is 0 Å². The Morgan fingerprint density at radius 3 is 2.21 bits per heavy atom. The Hall–Kier alpha value is -2.42. The van der Waals surface area contributed by atoms with Crippen molar-refractivity contribution in [1.82, 2.24) is 10.2 Å². The lowest BCUT2D eigenvalue weighted by Gasteiger charge is -2.26. The minimum absolute atomic E-state index is 0.190. The van der Waals surface area contributed by atoms with Crippen LogP contribution in [0.15, 0.2) is 59.5 Å². The topological polar surface area (TPSA) is 98.7 Å². The van der Waals surface area contributed by atoms with Crippen LogP contribution in [0.4, 0.5) is 10.5 Å². The molecule has 0 aliphatic rings. The lowest BCUT2D eigenvalue weighted by Crippen LogP contribution is -2.39. The number of carbonyl (C=O) groups is 1. The number of nitrogens with one attached hydrogen (secondary N) is 2. The first-order chi connectivity index (χ1) is 13.2. The number of amides is 2. The van der Waals surface area contributed by atoms with Crippen molar-refractivity contribution in [1.29, 1.82) is 0 Å². The van der Waals surface area contributed by atoms with E-state index in [1.165, 1.54) is 24.3 Å². The molecule has 0 heterocycles. The number of sulfone groups is 1. The monoisotopic (exact) mass is 405 g/mol. The molecule has 0 radical (unpaired) electrons. The van der Waals surface area contributed by atoms with Crippen molar-refractivity contribution in [2.75, 3.05) is 38.8 Å². The Morgan fingerprint density at radius 1 is 1.07 bits per heavy atom. The van der Waals surface area contributed by atoms with Gasteiger partial charge in [0.1, 0.15) is 0 Å². The predicted octanol–water partition coefficient (Wildman–Crippen LogP) is 2.12. The van der Waals surface area contributed by atoms with E-state index >= 15 is 0 Å². The summed E-state index contributed by atoms with van der Waals surface area (Å²) in [5.41, 5.74) is 1.28. The molecule has 0 spiro atoms. The van der Waals surface area contributed by atoms with E-state index in [0.29, 0.717) is 12.2 Å². The average molecular weight is 406 g/mol. The molecule has 0 saturated heterocycles. The van der Waals surface area contributed by atoms with E-state index in [9.17, 15) is 18.3 Å². The fraction of sp³-hybridized carbons (Fsp3) is 0.350. The Labute approximate surface area is 166 Å². The van der Waals surface area contributed by atoms with E-state index in [2.05, 4.69) is 10.6 Å². The van der Waals surface area contributed by atoms with E-state index in [1.54, 1.807) is 0 Å². The predicted molar refractivity (Wildman–Crippen MR) is 110 cm³/mol. The summed E-state index contributed by atoms with van der Waals surface area (Å²) >= 11 is 0. The fourth-order valence-electron chi connectivity index (χ4n) is 2.85. The molecule has 2 amide bonds. The van der Waals surface area contributed by atoms with E-state index in [4.69, 9.17) is 0 Å². The molecule has 0 aromatic heterocycles. The molecule has 2 aromatic rings. The lowest BCUT2D eigenvalue weighted by molar-refractivity contribution is 0.0911. The van der Waals surface area contributed by atoms with Crippen molar-refractivity contribution in [3.05, 3.63) is 60.2 Å². The fourth-order valence-corrected chi connectivity index (χ4v) is 3.48. The molecule has 0 aliphatic heterocycles. The second-order valence-corrected chi connectivity index (χ2v) is 9.03. The van der Waals surface area contributed by atoms with Gasteiger partial charge in [0.05, 0.1) is 11.0 Å². The number of nitrogens with zero attached hydrogens (tertiary/aromatic N) is 1. The van der Waals surface area contributed by atoms with Gasteiger partial charge >= 0.3 is 6.03 Å². The molecule has 0 saturated carbocycles. The van der Waals surface area contributed by atoms with Gasteiger partial charge in [0.2, 0.25) is 0 Å². The second-order valence-electron chi connectivity index (χ2n) is 7.01. The van der Waals surface area contributed by atoms with Gasteiger partial charge < -0.3 is 20.6 Å². The SMILES string of the molecule is CN(C)C[C@H](CNC(=O)Nc1ccc(S(C)(=O)=O)cc1)[C@@H](O)c1ccccc1. The summed E-state index contributed by atoms with van der Waals surface area (Å²) < 4.78 is 23.0. The summed E-state index contributed by atoms with van der Waals surface area (Å²) in [6, 6.07) is 14.9. The Morgan fingerprint density at radius 2 is 1.68 bits per heavy atom. The summed E-state index contributed by atoms with van der Waals surface area (Å²) in [5, 5.41) is 16.1. The van der Waals surface area contributed by atoms with E-state index in [0.717, 1.165) is 11.8 Å². The maximum atomic E-state index is 12.2. The Balaban J connectivity index is 1.97. The van der Waals surface area contributed by atoms with Gasteiger partial charge in [-0.15, -0.1) is 0 Å². The second kappa shape index (κ2) is 9.68. The molecular formula is C20H27N3O4S. The van der Waals surface area contributed by atoms with Gasteiger partial charge in [-0.2, -0.15) is 0 Å². The minimum atomic E-state index is -3.28. The molecule has 3 N–H and O–H groups in total. The van der Waals surface area contributed by atoms with E-state index < -0.39 is 22.0 Å². The molecule has 0 bridgehead atoms. The summed E-state index contributed by atoms with van der Waals surface area (Å²) in [5.74, 6) is -0.198. The van der Waals surface area contributed by atoms with Crippen molar-refractivity contribution in [3.63, 3.8) is 0 Å². The van der Waals surface area contributed by atoms with Gasteiger partial charge in [-0.05, 0) is 43.9 Å². The van der Waals surface area contributed by atoms with Crippen LogP contribution in [-0.4, -0.2) is 57.9 Å². The van der Waals surface area contributed by atoms with Crippen LogP contribution >= 0.6 is 0 Å². The number of anilines is 1. The standard InChI is InChI=1S/C20H27N3O4S/c1-23(2)14-16(19(24)15-7-5-4-6-8-15)13-21-20(25)22-17-9-11-18(12-10-17)28(3,26)27/h4-12,16,19,24H,13-14H2,1-3H3,(H2,21,22,25)/t16-,19-/m0/s1. The smallest absolute Gasteiger partial charge is 0.319 e. The maximum Gasteiger partial charge on any atom is 0.319 e. The van der Waals surface area contributed by atoms with E-state index in [1.807, 2.05) is 49.3 Å². The third kappa shape index (κ3) is 6.63. The first-order valence-electron chi connectivity index (χ1n) is 8.89. The summed E-state index contributed by atoms with van der Waals surface area (Å²) in [6.07, 6.45) is 0.420. The van der Waals surface area contributed by atoms with Crippen molar-refractivity contribution >= 4 is 21.6 Å². The highest BCUT2D eigenvalue weighted by Crippen LogP contribution is 2.22. The molecule has 2 atom stereocenters. The molecule has 0 fully saturated rings. The molecule has 0 unspecified atom stereocenters. The van der Waals surface area contributed by atoms with Crippen LogP contribution in [0.2, 0.25) is 0 Å². The van der Waals surface area contributed by atoms with Crippen LogP contribution < -0.4 is 10.6 Å². The molecule has 7 nitrogen and oxygen atoms in total. The zero-order valence-electron chi connectivity index (χ0n) is 16.3. The first-order valence-corrected chi connectivity index (χ1v) is 10.8. The van der Waals surface area contributed by atoms with Crippen molar-refractivity contribution in [2.24, 2.45) is 5.92 Å². The zero-order valence-corrected chi connectivity index (χ0v) is 17.1.